The van der Waals surface area contributed by atoms with E-state index >= 15 is 0 Å². The van der Waals surface area contributed by atoms with Gasteiger partial charge in [-0.15, -0.1) is 11.3 Å². The maximum absolute atomic E-state index is 12.0. The molecule has 0 bridgehead atoms. The predicted molar refractivity (Wildman–Crippen MR) is 83.7 cm³/mol. The molecular formula is C16H19NO3S. The van der Waals surface area contributed by atoms with Crippen LogP contribution in [0.2, 0.25) is 0 Å². The Morgan fingerprint density at radius 3 is 2.57 bits per heavy atom. The van der Waals surface area contributed by atoms with Crippen molar-refractivity contribution in [3.05, 3.63) is 34.8 Å². The van der Waals surface area contributed by atoms with Gasteiger partial charge in [0.05, 0.1) is 6.61 Å². The monoisotopic (exact) mass is 305 g/mol. The molecule has 0 saturated heterocycles. The van der Waals surface area contributed by atoms with Crippen LogP contribution >= 0.6 is 11.3 Å². The number of hydrogen-bond acceptors (Lipinski definition) is 5. The number of benzene rings is 1. The number of phenols is 1. The molecule has 1 aromatic carbocycles. The van der Waals surface area contributed by atoms with Crippen molar-refractivity contribution in [2.45, 2.75) is 27.2 Å². The lowest BCUT2D eigenvalue weighted by Crippen LogP contribution is -2.08. The van der Waals surface area contributed by atoms with Gasteiger partial charge in [-0.3, -0.25) is 0 Å². The van der Waals surface area contributed by atoms with Gasteiger partial charge in [0, 0.05) is 10.4 Å². The minimum atomic E-state index is -0.366. The van der Waals surface area contributed by atoms with E-state index in [0.29, 0.717) is 18.2 Å². The van der Waals surface area contributed by atoms with Gasteiger partial charge < -0.3 is 9.84 Å². The first-order valence-corrected chi connectivity index (χ1v) is 7.79. The molecule has 0 amide bonds. The zero-order valence-corrected chi connectivity index (χ0v) is 13.2. The molecule has 5 heteroatoms. The molecule has 21 heavy (non-hydrogen) atoms. The van der Waals surface area contributed by atoms with E-state index in [4.69, 9.17) is 4.74 Å². The Bertz CT molecular complexity index is 617. The zero-order valence-electron chi connectivity index (χ0n) is 12.4. The number of nitrogens with zero attached hydrogens (tertiary/aromatic N) is 1. The smallest absolute Gasteiger partial charge is 0.358 e. The van der Waals surface area contributed by atoms with E-state index in [2.05, 4.69) is 18.8 Å². The summed E-state index contributed by atoms with van der Waals surface area (Å²) in [4.78, 5) is 17.4. The van der Waals surface area contributed by atoms with E-state index in [1.807, 2.05) is 0 Å². The van der Waals surface area contributed by atoms with Gasteiger partial charge in [0.25, 0.3) is 0 Å². The Kier molecular flexibility index (Phi) is 4.96. The minimum Gasteiger partial charge on any atom is -0.508 e. The fourth-order valence-corrected chi connectivity index (χ4v) is 3.21. The summed E-state index contributed by atoms with van der Waals surface area (Å²) in [5.41, 5.74) is 1.30. The van der Waals surface area contributed by atoms with Crippen molar-refractivity contribution in [2.75, 3.05) is 6.61 Å². The number of hydrogen-bond donors (Lipinski definition) is 1. The molecule has 4 nitrogen and oxygen atoms in total. The molecule has 1 aromatic heterocycles. The summed E-state index contributed by atoms with van der Waals surface area (Å²) in [7, 11) is 0. The largest absolute Gasteiger partial charge is 0.508 e. The Morgan fingerprint density at radius 2 is 2.00 bits per heavy atom. The lowest BCUT2D eigenvalue weighted by molar-refractivity contribution is 0.0519. The van der Waals surface area contributed by atoms with Crippen LogP contribution in [0.15, 0.2) is 24.3 Å². The zero-order chi connectivity index (χ0) is 15.4. The van der Waals surface area contributed by atoms with Gasteiger partial charge >= 0.3 is 5.97 Å². The van der Waals surface area contributed by atoms with Crippen LogP contribution < -0.4 is 0 Å². The summed E-state index contributed by atoms with van der Waals surface area (Å²) in [5.74, 6) is 0.282. The third kappa shape index (κ3) is 3.82. The summed E-state index contributed by atoms with van der Waals surface area (Å²) in [6, 6.07) is 6.82. The van der Waals surface area contributed by atoms with Gasteiger partial charge in [0.15, 0.2) is 5.69 Å². The van der Waals surface area contributed by atoms with Gasteiger partial charge in [-0.2, -0.15) is 0 Å². The second-order valence-corrected chi connectivity index (χ2v) is 6.24. The normalized spacial score (nSPS) is 10.9. The van der Waals surface area contributed by atoms with E-state index in [1.165, 1.54) is 11.3 Å². The topological polar surface area (TPSA) is 59.4 Å². The SMILES string of the molecule is CCOC(=O)c1nc(-c2ccc(O)cc2)sc1CC(C)C. The molecule has 0 radical (unpaired) electrons. The lowest BCUT2D eigenvalue weighted by Gasteiger charge is -2.04. The van der Waals surface area contributed by atoms with Crippen molar-refractivity contribution < 1.29 is 14.6 Å². The van der Waals surface area contributed by atoms with Gasteiger partial charge in [0.2, 0.25) is 0 Å². The van der Waals surface area contributed by atoms with Crippen molar-refractivity contribution in [1.82, 2.24) is 4.98 Å². The number of aromatic hydroxyl groups is 1. The highest BCUT2D eigenvalue weighted by Crippen LogP contribution is 2.31. The first-order valence-electron chi connectivity index (χ1n) is 6.97. The first kappa shape index (κ1) is 15.5. The van der Waals surface area contributed by atoms with E-state index < -0.39 is 0 Å². The standard InChI is InChI=1S/C16H19NO3S/c1-4-20-16(19)14-13(9-10(2)3)21-15(17-14)11-5-7-12(18)8-6-11/h5-8,10,18H,4,9H2,1-3H3. The van der Waals surface area contributed by atoms with Gasteiger partial charge in [-0.05, 0) is 43.5 Å². The molecule has 2 aromatic rings. The number of rotatable bonds is 5. The molecule has 0 spiro atoms. The van der Waals surface area contributed by atoms with E-state index in [1.54, 1.807) is 31.2 Å². The Balaban J connectivity index is 2.39. The van der Waals surface area contributed by atoms with Crippen molar-refractivity contribution >= 4 is 17.3 Å². The molecule has 0 aliphatic rings. The van der Waals surface area contributed by atoms with Crippen LogP contribution in [0.4, 0.5) is 0 Å². The molecule has 1 heterocycles. The van der Waals surface area contributed by atoms with Crippen LogP contribution in [-0.4, -0.2) is 22.7 Å². The van der Waals surface area contributed by atoms with Gasteiger partial charge in [-0.1, -0.05) is 13.8 Å². The fraction of sp³-hybridized carbons (Fsp3) is 0.375. The number of thiazole rings is 1. The van der Waals surface area contributed by atoms with Crippen LogP contribution in [0.25, 0.3) is 10.6 Å². The van der Waals surface area contributed by atoms with E-state index in [0.717, 1.165) is 21.9 Å². The molecule has 0 aliphatic carbocycles. The van der Waals surface area contributed by atoms with Crippen LogP contribution in [0.5, 0.6) is 5.75 Å². The lowest BCUT2D eigenvalue weighted by atomic mass is 10.1. The fourth-order valence-electron chi connectivity index (χ4n) is 1.95. The van der Waals surface area contributed by atoms with Gasteiger partial charge in [-0.25, -0.2) is 9.78 Å². The summed E-state index contributed by atoms with van der Waals surface area (Å²) in [6.07, 6.45) is 0.796. The molecule has 1 N–H and O–H groups in total. The second-order valence-electron chi connectivity index (χ2n) is 5.16. The number of carbonyl (C=O) groups excluding carboxylic acids is 1. The van der Waals surface area contributed by atoms with E-state index in [-0.39, 0.29) is 11.7 Å². The summed E-state index contributed by atoms with van der Waals surface area (Å²) >= 11 is 1.51. The first-order chi connectivity index (χ1) is 10.0. The maximum Gasteiger partial charge on any atom is 0.358 e. The molecule has 2 rings (SSSR count). The quantitative estimate of drug-likeness (QED) is 0.851. The molecular weight excluding hydrogens is 286 g/mol. The van der Waals surface area contributed by atoms with Crippen molar-refractivity contribution in [3.8, 4) is 16.3 Å². The van der Waals surface area contributed by atoms with Crippen LogP contribution in [0, 0.1) is 5.92 Å². The van der Waals surface area contributed by atoms with Crippen LogP contribution in [0.1, 0.15) is 36.1 Å². The summed E-state index contributed by atoms with van der Waals surface area (Å²) in [6.45, 7) is 6.34. The average Bonchev–Trinajstić information content (AvgIpc) is 2.83. The predicted octanol–water partition coefficient (Wildman–Crippen LogP) is 3.89. The molecule has 0 aliphatic heterocycles. The van der Waals surface area contributed by atoms with Crippen molar-refractivity contribution in [2.24, 2.45) is 5.92 Å². The molecule has 112 valence electrons. The Morgan fingerprint density at radius 1 is 1.33 bits per heavy atom. The van der Waals surface area contributed by atoms with Crippen molar-refractivity contribution in [1.29, 1.82) is 0 Å². The van der Waals surface area contributed by atoms with Crippen molar-refractivity contribution in [3.63, 3.8) is 0 Å². The Hall–Kier alpha value is -1.88. The number of esters is 1. The molecule has 0 unspecified atom stereocenters. The van der Waals surface area contributed by atoms with Crippen LogP contribution in [-0.2, 0) is 11.2 Å². The molecule has 0 saturated carbocycles. The third-order valence-electron chi connectivity index (χ3n) is 2.87. The third-order valence-corrected chi connectivity index (χ3v) is 4.00. The average molecular weight is 305 g/mol. The second kappa shape index (κ2) is 6.72. The van der Waals surface area contributed by atoms with Gasteiger partial charge in [0.1, 0.15) is 10.8 Å². The number of aromatic nitrogens is 1. The summed E-state index contributed by atoms with van der Waals surface area (Å²) < 4.78 is 5.08. The highest BCUT2D eigenvalue weighted by atomic mass is 32.1. The van der Waals surface area contributed by atoms with Crippen LogP contribution in [0.3, 0.4) is 0 Å². The highest BCUT2D eigenvalue weighted by Gasteiger charge is 2.20. The number of phenolic OH excluding ortho intramolecular Hbond substituents is 1. The van der Waals surface area contributed by atoms with E-state index in [9.17, 15) is 9.90 Å². The molecule has 0 atom stereocenters. The number of carbonyl (C=O) groups is 1. The minimum absolute atomic E-state index is 0.211. The summed E-state index contributed by atoms with van der Waals surface area (Å²) in [5, 5.41) is 10.1. The Labute approximate surface area is 128 Å². The highest BCUT2D eigenvalue weighted by molar-refractivity contribution is 7.15. The number of ether oxygens (including phenoxy) is 1. The maximum atomic E-state index is 12.0. The molecule has 0 fully saturated rings.